The van der Waals surface area contributed by atoms with Crippen LogP contribution in [0.2, 0.25) is 0 Å². The van der Waals surface area contributed by atoms with Gasteiger partial charge in [-0.05, 0) is 38.6 Å². The lowest BCUT2D eigenvalue weighted by atomic mass is 9.88. The van der Waals surface area contributed by atoms with E-state index in [4.69, 9.17) is 4.74 Å². The van der Waals surface area contributed by atoms with Gasteiger partial charge in [0, 0.05) is 30.1 Å². The first kappa shape index (κ1) is 14.3. The standard InChI is InChI=1S/C16H26N2O/c1-4-17-10-14-11-18-13(3)9-16(14)19-15-7-5-6-12(2)8-15/h9,11-12,15,17H,4-8,10H2,1-3H3. The summed E-state index contributed by atoms with van der Waals surface area (Å²) < 4.78 is 6.25. The molecule has 106 valence electrons. The van der Waals surface area contributed by atoms with Crippen LogP contribution < -0.4 is 10.1 Å². The molecule has 0 aliphatic heterocycles. The summed E-state index contributed by atoms with van der Waals surface area (Å²) in [6.45, 7) is 8.26. The summed E-state index contributed by atoms with van der Waals surface area (Å²) in [5.74, 6) is 1.81. The van der Waals surface area contributed by atoms with Gasteiger partial charge >= 0.3 is 0 Å². The summed E-state index contributed by atoms with van der Waals surface area (Å²) in [4.78, 5) is 4.38. The van der Waals surface area contributed by atoms with E-state index in [-0.39, 0.29) is 0 Å². The molecule has 0 amide bonds. The maximum absolute atomic E-state index is 6.25. The molecule has 3 heteroatoms. The summed E-state index contributed by atoms with van der Waals surface area (Å²) in [7, 11) is 0. The van der Waals surface area contributed by atoms with Gasteiger partial charge in [-0.15, -0.1) is 0 Å². The number of hydrogen-bond donors (Lipinski definition) is 1. The van der Waals surface area contributed by atoms with E-state index in [1.165, 1.54) is 31.2 Å². The first-order valence-electron chi connectivity index (χ1n) is 7.52. The van der Waals surface area contributed by atoms with Crippen LogP contribution in [-0.4, -0.2) is 17.6 Å². The fraction of sp³-hybridized carbons (Fsp3) is 0.688. The Hall–Kier alpha value is -1.09. The van der Waals surface area contributed by atoms with Crippen LogP contribution in [0.15, 0.2) is 12.3 Å². The molecule has 0 aromatic carbocycles. The van der Waals surface area contributed by atoms with Gasteiger partial charge in [-0.25, -0.2) is 0 Å². The van der Waals surface area contributed by atoms with E-state index in [1.54, 1.807) is 0 Å². The molecular formula is C16H26N2O. The van der Waals surface area contributed by atoms with Gasteiger partial charge < -0.3 is 10.1 Å². The molecule has 1 aliphatic rings. The molecule has 19 heavy (non-hydrogen) atoms. The van der Waals surface area contributed by atoms with Crippen molar-refractivity contribution in [2.75, 3.05) is 6.54 Å². The van der Waals surface area contributed by atoms with E-state index < -0.39 is 0 Å². The van der Waals surface area contributed by atoms with Crippen molar-refractivity contribution in [3.63, 3.8) is 0 Å². The molecule has 1 heterocycles. The molecule has 0 bridgehead atoms. The van der Waals surface area contributed by atoms with E-state index in [1.807, 2.05) is 13.1 Å². The third-order valence-corrected chi connectivity index (χ3v) is 3.83. The topological polar surface area (TPSA) is 34.2 Å². The molecule has 3 nitrogen and oxygen atoms in total. The minimum atomic E-state index is 0.380. The predicted molar refractivity (Wildman–Crippen MR) is 78.4 cm³/mol. The predicted octanol–water partition coefficient (Wildman–Crippen LogP) is 3.46. The minimum absolute atomic E-state index is 0.380. The summed E-state index contributed by atoms with van der Waals surface area (Å²) in [6, 6.07) is 2.08. The van der Waals surface area contributed by atoms with Gasteiger partial charge in [0.1, 0.15) is 5.75 Å². The molecular weight excluding hydrogens is 236 g/mol. The average Bonchev–Trinajstić information content (AvgIpc) is 2.38. The second-order valence-electron chi connectivity index (χ2n) is 5.73. The smallest absolute Gasteiger partial charge is 0.127 e. The van der Waals surface area contributed by atoms with E-state index in [9.17, 15) is 0 Å². The molecule has 1 fully saturated rings. The normalized spacial score (nSPS) is 23.3. The molecule has 2 atom stereocenters. The number of nitrogens with zero attached hydrogens (tertiary/aromatic N) is 1. The van der Waals surface area contributed by atoms with Crippen LogP contribution in [0.3, 0.4) is 0 Å². The Balaban J connectivity index is 2.06. The minimum Gasteiger partial charge on any atom is -0.490 e. The highest BCUT2D eigenvalue weighted by Crippen LogP contribution is 2.29. The number of hydrogen-bond acceptors (Lipinski definition) is 3. The monoisotopic (exact) mass is 262 g/mol. The van der Waals surface area contributed by atoms with E-state index in [0.717, 1.165) is 30.5 Å². The maximum atomic E-state index is 6.25. The van der Waals surface area contributed by atoms with Gasteiger partial charge in [-0.1, -0.05) is 20.3 Å². The van der Waals surface area contributed by atoms with Crippen molar-refractivity contribution in [2.24, 2.45) is 5.92 Å². The zero-order chi connectivity index (χ0) is 13.7. The molecule has 0 saturated heterocycles. The number of aryl methyl sites for hydroxylation is 1. The number of ether oxygens (including phenoxy) is 1. The third-order valence-electron chi connectivity index (χ3n) is 3.83. The van der Waals surface area contributed by atoms with Crippen LogP contribution >= 0.6 is 0 Å². The Bertz CT molecular complexity index is 406. The van der Waals surface area contributed by atoms with Crippen LogP contribution in [-0.2, 0) is 6.54 Å². The number of aromatic nitrogens is 1. The van der Waals surface area contributed by atoms with Crippen molar-refractivity contribution >= 4 is 0 Å². The number of pyridine rings is 1. The Morgan fingerprint density at radius 1 is 1.42 bits per heavy atom. The zero-order valence-corrected chi connectivity index (χ0v) is 12.4. The number of rotatable bonds is 5. The van der Waals surface area contributed by atoms with E-state index in [0.29, 0.717) is 6.10 Å². The summed E-state index contributed by atoms with van der Waals surface area (Å²) in [5.41, 5.74) is 2.20. The lowest BCUT2D eigenvalue weighted by Gasteiger charge is -2.28. The third kappa shape index (κ3) is 4.20. The quantitative estimate of drug-likeness (QED) is 0.882. The SMILES string of the molecule is CCNCc1cnc(C)cc1OC1CCCC(C)C1. The van der Waals surface area contributed by atoms with Crippen LogP contribution in [0.1, 0.15) is 50.8 Å². The Labute approximate surface area is 116 Å². The van der Waals surface area contributed by atoms with Gasteiger partial charge in [-0.3, -0.25) is 4.98 Å². The summed E-state index contributed by atoms with van der Waals surface area (Å²) >= 11 is 0. The van der Waals surface area contributed by atoms with Gasteiger partial charge in [0.15, 0.2) is 0 Å². The highest BCUT2D eigenvalue weighted by molar-refractivity contribution is 5.33. The zero-order valence-electron chi connectivity index (χ0n) is 12.4. The molecule has 0 radical (unpaired) electrons. The Kier molecular flexibility index (Phi) is 5.20. The van der Waals surface area contributed by atoms with Crippen molar-refractivity contribution in [2.45, 2.75) is 59.1 Å². The molecule has 1 aliphatic carbocycles. The fourth-order valence-corrected chi connectivity index (χ4v) is 2.73. The van der Waals surface area contributed by atoms with Crippen LogP contribution in [0.25, 0.3) is 0 Å². The second-order valence-corrected chi connectivity index (χ2v) is 5.73. The van der Waals surface area contributed by atoms with Gasteiger partial charge in [0.2, 0.25) is 0 Å². The lowest BCUT2D eigenvalue weighted by Crippen LogP contribution is -2.25. The number of nitrogens with one attached hydrogen (secondary N) is 1. The van der Waals surface area contributed by atoms with Crippen molar-refractivity contribution in [1.82, 2.24) is 10.3 Å². The Morgan fingerprint density at radius 2 is 2.26 bits per heavy atom. The van der Waals surface area contributed by atoms with Crippen molar-refractivity contribution in [1.29, 1.82) is 0 Å². The molecule has 1 N–H and O–H groups in total. The molecule has 2 unspecified atom stereocenters. The van der Waals surface area contributed by atoms with E-state index in [2.05, 4.69) is 30.2 Å². The highest BCUT2D eigenvalue weighted by Gasteiger charge is 2.21. The molecule has 1 aromatic heterocycles. The van der Waals surface area contributed by atoms with Crippen molar-refractivity contribution in [3.8, 4) is 5.75 Å². The Morgan fingerprint density at radius 3 is 3.00 bits per heavy atom. The molecule has 2 rings (SSSR count). The maximum Gasteiger partial charge on any atom is 0.127 e. The largest absolute Gasteiger partial charge is 0.490 e. The van der Waals surface area contributed by atoms with Crippen LogP contribution in [0.5, 0.6) is 5.75 Å². The summed E-state index contributed by atoms with van der Waals surface area (Å²) in [6.07, 6.45) is 7.33. The fourth-order valence-electron chi connectivity index (χ4n) is 2.73. The first-order valence-corrected chi connectivity index (χ1v) is 7.52. The molecule has 1 saturated carbocycles. The molecule has 0 spiro atoms. The van der Waals surface area contributed by atoms with Gasteiger partial charge in [0.25, 0.3) is 0 Å². The van der Waals surface area contributed by atoms with Crippen molar-refractivity contribution in [3.05, 3.63) is 23.5 Å². The van der Waals surface area contributed by atoms with E-state index >= 15 is 0 Å². The average molecular weight is 262 g/mol. The summed E-state index contributed by atoms with van der Waals surface area (Å²) in [5, 5.41) is 3.35. The molecule has 1 aromatic rings. The highest BCUT2D eigenvalue weighted by atomic mass is 16.5. The van der Waals surface area contributed by atoms with Crippen molar-refractivity contribution < 1.29 is 4.74 Å². The van der Waals surface area contributed by atoms with Crippen LogP contribution in [0.4, 0.5) is 0 Å². The van der Waals surface area contributed by atoms with Gasteiger partial charge in [0.05, 0.1) is 6.10 Å². The second kappa shape index (κ2) is 6.90. The van der Waals surface area contributed by atoms with Crippen LogP contribution in [0, 0.1) is 12.8 Å². The lowest BCUT2D eigenvalue weighted by molar-refractivity contribution is 0.127. The first-order chi connectivity index (χ1) is 9.19. The van der Waals surface area contributed by atoms with Gasteiger partial charge in [-0.2, -0.15) is 0 Å².